The average molecular weight is 403 g/mol. The molecule has 0 amide bonds. The number of benzene rings is 2. The van der Waals surface area contributed by atoms with Crippen LogP contribution >= 0.6 is 23.1 Å². The number of aryl methyl sites for hydroxylation is 1. The zero-order valence-electron chi connectivity index (χ0n) is 14.3. The Bertz CT molecular complexity index is 1090. The Morgan fingerprint density at radius 2 is 1.92 bits per heavy atom. The molecule has 7 heteroatoms. The standard InChI is InChI=1S/C19H18N2O2S3/c1-12-8-14(21)6-7-17(12)13-4-3-5-16(9-13)26(22,23)18-10-15(11-20)25-19(18)24-2/h3-11,20H,21H2,1-2H3. The number of hydrogen-bond acceptors (Lipinski definition) is 6. The Labute approximate surface area is 161 Å². The Morgan fingerprint density at radius 1 is 1.15 bits per heavy atom. The molecule has 0 atom stereocenters. The minimum Gasteiger partial charge on any atom is -0.399 e. The van der Waals surface area contributed by atoms with E-state index >= 15 is 0 Å². The van der Waals surface area contributed by atoms with E-state index in [-0.39, 0.29) is 9.79 Å². The monoisotopic (exact) mass is 402 g/mol. The molecule has 0 fully saturated rings. The molecule has 3 N–H and O–H groups in total. The molecule has 1 aromatic heterocycles. The van der Waals surface area contributed by atoms with E-state index < -0.39 is 9.84 Å². The van der Waals surface area contributed by atoms with Gasteiger partial charge in [-0.05, 0) is 60.2 Å². The van der Waals surface area contributed by atoms with Crippen molar-refractivity contribution in [3.05, 3.63) is 59.0 Å². The van der Waals surface area contributed by atoms with E-state index in [0.29, 0.717) is 14.8 Å². The molecule has 3 rings (SSSR count). The fourth-order valence-electron chi connectivity index (χ4n) is 2.74. The van der Waals surface area contributed by atoms with Crippen LogP contribution in [0.15, 0.2) is 62.5 Å². The first-order chi connectivity index (χ1) is 12.4. The highest BCUT2D eigenvalue weighted by Crippen LogP contribution is 2.37. The van der Waals surface area contributed by atoms with Gasteiger partial charge in [-0.3, -0.25) is 0 Å². The maximum Gasteiger partial charge on any atom is 0.208 e. The minimum absolute atomic E-state index is 0.246. The van der Waals surface area contributed by atoms with Crippen molar-refractivity contribution < 1.29 is 8.42 Å². The molecule has 4 nitrogen and oxygen atoms in total. The lowest BCUT2D eigenvalue weighted by Crippen LogP contribution is -2.02. The molecule has 0 radical (unpaired) electrons. The predicted octanol–water partition coefficient (Wildman–Crippen LogP) is 4.86. The van der Waals surface area contributed by atoms with Gasteiger partial charge in [0, 0.05) is 16.8 Å². The number of thioether (sulfide) groups is 1. The number of hydrogen-bond donors (Lipinski definition) is 2. The number of rotatable bonds is 5. The third kappa shape index (κ3) is 3.42. The summed E-state index contributed by atoms with van der Waals surface area (Å²) in [5.74, 6) is 0. The van der Waals surface area contributed by atoms with Crippen molar-refractivity contribution in [3.8, 4) is 11.1 Å². The molecule has 2 aromatic carbocycles. The SMILES string of the molecule is CSc1sc(C=N)cc1S(=O)(=O)c1cccc(-c2ccc(N)cc2C)c1. The zero-order valence-corrected chi connectivity index (χ0v) is 16.8. The van der Waals surface area contributed by atoms with Crippen molar-refractivity contribution in [3.63, 3.8) is 0 Å². The number of anilines is 1. The van der Waals surface area contributed by atoms with Gasteiger partial charge in [-0.2, -0.15) is 0 Å². The van der Waals surface area contributed by atoms with Gasteiger partial charge < -0.3 is 11.1 Å². The van der Waals surface area contributed by atoms with Gasteiger partial charge in [-0.25, -0.2) is 8.42 Å². The topological polar surface area (TPSA) is 84.0 Å². The quantitative estimate of drug-likeness (QED) is 0.363. The summed E-state index contributed by atoms with van der Waals surface area (Å²) in [6, 6.07) is 14.1. The van der Waals surface area contributed by atoms with Gasteiger partial charge in [-0.15, -0.1) is 23.1 Å². The van der Waals surface area contributed by atoms with Crippen LogP contribution in [0, 0.1) is 12.3 Å². The lowest BCUT2D eigenvalue weighted by Gasteiger charge is -2.10. The number of nitrogens with two attached hydrogens (primary N) is 1. The first-order valence-electron chi connectivity index (χ1n) is 7.76. The maximum atomic E-state index is 13.2. The maximum absolute atomic E-state index is 13.2. The van der Waals surface area contributed by atoms with Crippen molar-refractivity contribution >= 4 is 44.8 Å². The van der Waals surface area contributed by atoms with Crippen LogP contribution in [-0.4, -0.2) is 20.9 Å². The molecule has 134 valence electrons. The van der Waals surface area contributed by atoms with Crippen molar-refractivity contribution in [2.24, 2.45) is 0 Å². The van der Waals surface area contributed by atoms with E-state index in [9.17, 15) is 8.42 Å². The second-order valence-corrected chi connectivity index (χ2v) is 9.83. The second-order valence-electron chi connectivity index (χ2n) is 5.75. The van der Waals surface area contributed by atoms with Crippen molar-refractivity contribution in [2.45, 2.75) is 20.9 Å². The van der Waals surface area contributed by atoms with Crippen LogP contribution in [0.2, 0.25) is 0 Å². The van der Waals surface area contributed by atoms with Crippen LogP contribution in [-0.2, 0) is 9.84 Å². The lowest BCUT2D eigenvalue weighted by atomic mass is 10.0. The highest BCUT2D eigenvalue weighted by Gasteiger charge is 2.24. The summed E-state index contributed by atoms with van der Waals surface area (Å²) >= 11 is 2.69. The molecule has 0 aliphatic carbocycles. The van der Waals surface area contributed by atoms with Gasteiger partial charge in [0.15, 0.2) is 0 Å². The van der Waals surface area contributed by atoms with Crippen molar-refractivity contribution in [1.82, 2.24) is 0 Å². The molecule has 0 unspecified atom stereocenters. The van der Waals surface area contributed by atoms with Crippen LogP contribution in [0.1, 0.15) is 10.4 Å². The van der Waals surface area contributed by atoms with Crippen molar-refractivity contribution in [1.29, 1.82) is 5.41 Å². The van der Waals surface area contributed by atoms with Crippen LogP contribution < -0.4 is 5.73 Å². The van der Waals surface area contributed by atoms with Gasteiger partial charge >= 0.3 is 0 Å². The Hall–Kier alpha value is -2.09. The summed E-state index contributed by atoms with van der Waals surface area (Å²) < 4.78 is 27.0. The van der Waals surface area contributed by atoms with E-state index in [0.717, 1.165) is 16.7 Å². The van der Waals surface area contributed by atoms with Crippen LogP contribution in [0.5, 0.6) is 0 Å². The van der Waals surface area contributed by atoms with Gasteiger partial charge in [0.1, 0.15) is 0 Å². The number of nitrogens with one attached hydrogen (secondary N) is 1. The van der Waals surface area contributed by atoms with E-state index in [1.165, 1.54) is 29.3 Å². The fourth-order valence-corrected chi connectivity index (χ4v) is 6.64. The summed E-state index contributed by atoms with van der Waals surface area (Å²) in [6.07, 6.45) is 3.02. The first kappa shape index (κ1) is 18.7. The number of thiophene rings is 1. The first-order valence-corrected chi connectivity index (χ1v) is 11.3. The third-order valence-electron chi connectivity index (χ3n) is 4.01. The molecule has 0 saturated heterocycles. The zero-order chi connectivity index (χ0) is 18.9. The molecule has 3 aromatic rings. The molecule has 0 saturated carbocycles. The molecule has 26 heavy (non-hydrogen) atoms. The number of sulfone groups is 1. The molecule has 0 aliphatic rings. The lowest BCUT2D eigenvalue weighted by molar-refractivity contribution is 0.595. The molecule has 1 heterocycles. The number of nitrogen functional groups attached to an aromatic ring is 1. The average Bonchev–Trinajstić information content (AvgIpc) is 3.06. The van der Waals surface area contributed by atoms with Crippen LogP contribution in [0.4, 0.5) is 5.69 Å². The van der Waals surface area contributed by atoms with Gasteiger partial charge in [0.25, 0.3) is 0 Å². The summed E-state index contributed by atoms with van der Waals surface area (Å²) in [5.41, 5.74) is 9.26. The van der Waals surface area contributed by atoms with Crippen LogP contribution in [0.25, 0.3) is 11.1 Å². The van der Waals surface area contributed by atoms with Crippen molar-refractivity contribution in [2.75, 3.05) is 12.0 Å². The molecular weight excluding hydrogens is 384 g/mol. The van der Waals surface area contributed by atoms with E-state index in [1.807, 2.05) is 37.4 Å². The molecule has 0 bridgehead atoms. The molecular formula is C19H18N2O2S3. The highest BCUT2D eigenvalue weighted by atomic mass is 32.2. The molecule has 0 spiro atoms. The smallest absolute Gasteiger partial charge is 0.208 e. The summed E-state index contributed by atoms with van der Waals surface area (Å²) in [6.45, 7) is 1.95. The second kappa shape index (κ2) is 7.26. The van der Waals surface area contributed by atoms with Gasteiger partial charge in [0.05, 0.1) is 14.0 Å². The highest BCUT2D eigenvalue weighted by molar-refractivity contribution is 8.01. The molecule has 0 aliphatic heterocycles. The largest absolute Gasteiger partial charge is 0.399 e. The van der Waals surface area contributed by atoms with Gasteiger partial charge in [-0.1, -0.05) is 18.2 Å². The summed E-state index contributed by atoms with van der Waals surface area (Å²) in [5, 5.41) is 7.40. The van der Waals surface area contributed by atoms with E-state index in [4.69, 9.17) is 11.1 Å². The van der Waals surface area contributed by atoms with Crippen LogP contribution in [0.3, 0.4) is 0 Å². The fraction of sp³-hybridized carbons (Fsp3) is 0.105. The third-order valence-corrected chi connectivity index (χ3v) is 8.26. The van der Waals surface area contributed by atoms with E-state index in [1.54, 1.807) is 24.3 Å². The normalized spacial score (nSPS) is 11.5. The Balaban J connectivity index is 2.13. The predicted molar refractivity (Wildman–Crippen MR) is 110 cm³/mol. The summed E-state index contributed by atoms with van der Waals surface area (Å²) in [4.78, 5) is 1.13. The summed E-state index contributed by atoms with van der Waals surface area (Å²) in [7, 11) is -3.66. The van der Waals surface area contributed by atoms with E-state index in [2.05, 4.69) is 0 Å². The Morgan fingerprint density at radius 3 is 2.58 bits per heavy atom. The Kier molecular flexibility index (Phi) is 5.22. The van der Waals surface area contributed by atoms with Gasteiger partial charge in [0.2, 0.25) is 9.84 Å². The minimum atomic E-state index is -3.66.